The van der Waals surface area contributed by atoms with Gasteiger partial charge in [0.15, 0.2) is 17.5 Å². The largest absolute Gasteiger partial charge is 0.472 e. The second-order valence-corrected chi connectivity index (χ2v) is 14.6. The van der Waals surface area contributed by atoms with Crippen molar-refractivity contribution in [2.75, 3.05) is 32.6 Å². The molecular weight excluding hydrogens is 742 g/mol. The van der Waals surface area contributed by atoms with E-state index in [9.17, 15) is 38.7 Å². The van der Waals surface area contributed by atoms with Crippen molar-refractivity contribution >= 4 is 45.4 Å². The van der Waals surface area contributed by atoms with Crippen LogP contribution in [0.4, 0.5) is 5.95 Å². The number of nitrogens with zero attached hydrogens (tertiary/aromatic N) is 3. The molecule has 13 N–H and O–H groups in total. The van der Waals surface area contributed by atoms with Crippen molar-refractivity contribution in [2.24, 2.45) is 5.73 Å². The summed E-state index contributed by atoms with van der Waals surface area (Å²) >= 11 is 0. The molecule has 0 saturated carbocycles. The summed E-state index contributed by atoms with van der Waals surface area (Å²) in [7, 11) is -8.27. The minimum atomic E-state index is -4.89. The number of aliphatic hydroxyl groups excluding tert-OH is 2. The highest BCUT2D eigenvalue weighted by Gasteiger charge is 2.44. The first-order valence-electron chi connectivity index (χ1n) is 15.6. The van der Waals surface area contributed by atoms with Gasteiger partial charge in [-0.15, -0.1) is 0 Å². The third-order valence-corrected chi connectivity index (χ3v) is 10.1. The predicted octanol–water partition coefficient (Wildman–Crippen LogP) is -3.09. The van der Waals surface area contributed by atoms with Gasteiger partial charge in [0.2, 0.25) is 5.95 Å². The van der Waals surface area contributed by atoms with Crippen LogP contribution in [0.15, 0.2) is 22.6 Å². The number of phosphoric ester groups is 2. The normalized spacial score (nSPS) is 31.8. The van der Waals surface area contributed by atoms with Crippen molar-refractivity contribution in [1.29, 1.82) is 5.41 Å². The molecule has 3 saturated heterocycles. The van der Waals surface area contributed by atoms with E-state index in [1.165, 1.54) is 17.9 Å². The number of allylic oxidation sites excluding steroid dienone is 1. The van der Waals surface area contributed by atoms with Crippen LogP contribution in [0, 0.1) is 5.41 Å². The van der Waals surface area contributed by atoms with E-state index < -0.39 is 96.3 Å². The summed E-state index contributed by atoms with van der Waals surface area (Å²) in [5.41, 5.74) is 11.0. The summed E-state index contributed by atoms with van der Waals surface area (Å²) in [5.74, 6) is -0.208. The number of phosphoric acid groups is 2. The molecule has 11 atom stereocenters. The van der Waals surface area contributed by atoms with Crippen molar-refractivity contribution in [3.63, 3.8) is 0 Å². The van der Waals surface area contributed by atoms with E-state index in [1.807, 2.05) is 0 Å². The molecule has 0 aliphatic carbocycles. The topological polar surface area (TPSA) is 372 Å². The van der Waals surface area contributed by atoms with Gasteiger partial charge in [-0.2, -0.15) is 4.98 Å². The average Bonchev–Trinajstić information content (AvgIpc) is 3.84. The highest BCUT2D eigenvalue weighted by Crippen LogP contribution is 2.49. The van der Waals surface area contributed by atoms with Crippen molar-refractivity contribution in [1.82, 2.24) is 35.5 Å². The van der Waals surface area contributed by atoms with E-state index in [4.69, 9.17) is 49.2 Å². The molecule has 27 heteroatoms. The molecule has 52 heavy (non-hydrogen) atoms. The second kappa shape index (κ2) is 16.6. The van der Waals surface area contributed by atoms with E-state index in [1.54, 1.807) is 0 Å². The van der Waals surface area contributed by atoms with Gasteiger partial charge in [-0.3, -0.25) is 42.6 Å². The Labute approximate surface area is 293 Å². The third-order valence-electron chi connectivity index (χ3n) is 8.13. The number of hydrogen-bond donors (Lipinski definition) is 11. The summed E-state index contributed by atoms with van der Waals surface area (Å²) in [6.07, 6.45) is -7.30. The molecular formula is C25H40N10O15P2. The molecule has 2 aromatic rings. The average molecular weight is 783 g/mol. The highest BCUT2D eigenvalue weighted by atomic mass is 31.2. The molecule has 3 fully saturated rings. The number of aldehydes is 1. The Kier molecular flexibility index (Phi) is 12.7. The number of aromatic nitrogens is 4. The Morgan fingerprint density at radius 1 is 1.06 bits per heavy atom. The number of rotatable bonds is 18. The molecule has 5 rings (SSSR count). The second-order valence-electron chi connectivity index (χ2n) is 11.7. The van der Waals surface area contributed by atoms with E-state index in [0.717, 1.165) is 6.34 Å². The number of anilines is 1. The van der Waals surface area contributed by atoms with Crippen LogP contribution in [0.25, 0.3) is 11.2 Å². The van der Waals surface area contributed by atoms with Gasteiger partial charge in [0.05, 0.1) is 44.7 Å². The van der Waals surface area contributed by atoms with E-state index >= 15 is 0 Å². The first kappa shape index (κ1) is 39.7. The Morgan fingerprint density at radius 2 is 1.69 bits per heavy atom. The minimum Gasteiger partial charge on any atom is -0.390 e. The van der Waals surface area contributed by atoms with Crippen LogP contribution in [0.5, 0.6) is 0 Å². The van der Waals surface area contributed by atoms with Gasteiger partial charge < -0.3 is 61.6 Å². The van der Waals surface area contributed by atoms with E-state index in [2.05, 4.69) is 30.9 Å². The van der Waals surface area contributed by atoms with Crippen molar-refractivity contribution < 1.29 is 66.2 Å². The number of fused-ring (bicyclic) bond motifs is 1. The maximum Gasteiger partial charge on any atom is 0.472 e. The lowest BCUT2D eigenvalue weighted by molar-refractivity contribution is -0.105. The Bertz CT molecular complexity index is 1780. The molecule has 5 unspecified atom stereocenters. The molecule has 3 aliphatic heterocycles. The lowest BCUT2D eigenvalue weighted by Gasteiger charge is -2.23. The van der Waals surface area contributed by atoms with E-state index in [0.29, 0.717) is 6.29 Å². The summed E-state index contributed by atoms with van der Waals surface area (Å²) < 4.78 is 64.5. The number of aliphatic hydroxyl groups is 2. The fraction of sp³-hybridized carbons (Fsp3) is 0.640. The Hall–Kier alpha value is -3.55. The molecule has 2 aromatic heterocycles. The van der Waals surface area contributed by atoms with Crippen molar-refractivity contribution in [2.45, 2.75) is 74.6 Å². The molecule has 0 spiro atoms. The molecule has 290 valence electrons. The standard InChI is InChI=1S/C25H40N10O15P2/c1-29-11(5-36)22(27)32-19-2-12(37)15(47-19)6-46-52(42,43)50-14-4-18(30-9-26)48-17(14)8-45-51(40,41)44-7-16-13(38)3-20(49-16)35-10-31-21-23(35)33-25(28)34-24(21)39/h5,9-10,12-20,29,32,37-38H,2-4,6-8,27H2,1H3,(H2,26,30)(H,40,41)(H,42,43)(H3,28,33,34,39)/b22-11-/t12?,13?,14?,15-,16-,17-,18-,19-,20-/m1/s1. The fourth-order valence-corrected chi connectivity index (χ4v) is 7.29. The van der Waals surface area contributed by atoms with Gasteiger partial charge in [-0.25, -0.2) is 14.1 Å². The number of H-pyrrole nitrogens is 1. The summed E-state index contributed by atoms with van der Waals surface area (Å²) in [6, 6.07) is 0. The third kappa shape index (κ3) is 9.70. The maximum atomic E-state index is 12.9. The number of ether oxygens (including phenoxy) is 3. The molecule has 5 heterocycles. The molecule has 25 nitrogen and oxygen atoms in total. The SMILES string of the molecule is CN/C(C=O)=C(/N)N[C@H]1CC(O)[C@@H](COP(=O)(O)OC2C[C@H](NC=N)O[C@@H]2COP(=O)(O)OC[C@H]2O[C@@H](n3cnc4c(=O)[nH]c(N)nc43)CC2O)O1. The van der Waals surface area contributed by atoms with Crippen molar-refractivity contribution in [3.05, 3.63) is 28.2 Å². The lowest BCUT2D eigenvalue weighted by Crippen LogP contribution is -2.35. The summed E-state index contributed by atoms with van der Waals surface area (Å²) in [6.45, 7) is -1.91. The Morgan fingerprint density at radius 3 is 2.37 bits per heavy atom. The van der Waals surface area contributed by atoms with Crippen LogP contribution in [-0.4, -0.2) is 128 Å². The van der Waals surface area contributed by atoms with Gasteiger partial charge in [-0.1, -0.05) is 0 Å². The van der Waals surface area contributed by atoms with Gasteiger partial charge in [0.1, 0.15) is 54.6 Å². The van der Waals surface area contributed by atoms with Crippen LogP contribution in [0.2, 0.25) is 0 Å². The lowest BCUT2D eigenvalue weighted by atomic mass is 10.2. The molecule has 0 amide bonds. The number of nitrogens with two attached hydrogens (primary N) is 2. The van der Waals surface area contributed by atoms with Crippen LogP contribution in [-0.2, 0) is 46.2 Å². The van der Waals surface area contributed by atoms with Gasteiger partial charge in [0, 0.05) is 26.3 Å². The predicted molar refractivity (Wildman–Crippen MR) is 173 cm³/mol. The van der Waals surface area contributed by atoms with Gasteiger partial charge in [0.25, 0.3) is 5.56 Å². The quantitative estimate of drug-likeness (QED) is 0.0235. The highest BCUT2D eigenvalue weighted by molar-refractivity contribution is 7.47. The maximum absolute atomic E-state index is 12.9. The molecule has 0 bridgehead atoms. The monoisotopic (exact) mass is 782 g/mol. The van der Waals surface area contributed by atoms with Gasteiger partial charge in [-0.05, 0) is 0 Å². The first-order chi connectivity index (χ1) is 24.6. The molecule has 3 aliphatic rings. The van der Waals surface area contributed by atoms with E-state index in [-0.39, 0.29) is 47.9 Å². The van der Waals surface area contributed by atoms with Gasteiger partial charge >= 0.3 is 15.6 Å². The zero-order valence-corrected chi connectivity index (χ0v) is 29.1. The summed E-state index contributed by atoms with van der Waals surface area (Å²) in [4.78, 5) is 54.4. The number of carbonyl (C=O) groups is 1. The number of nitrogens with one attached hydrogen (secondary N) is 5. The zero-order chi connectivity index (χ0) is 37.8. The number of hydrogen-bond acceptors (Lipinski definition) is 20. The summed E-state index contributed by atoms with van der Waals surface area (Å²) in [5, 5.41) is 36.0. The number of carbonyl (C=O) groups excluding carboxylic acids is 1. The molecule has 0 aromatic carbocycles. The van der Waals surface area contributed by atoms with Crippen LogP contribution < -0.4 is 33.0 Å². The Balaban J connectivity index is 1.12. The number of nitrogen functional groups attached to an aromatic ring is 1. The van der Waals surface area contributed by atoms with Crippen LogP contribution in [0.1, 0.15) is 25.5 Å². The molecule has 0 radical (unpaired) electrons. The first-order valence-corrected chi connectivity index (χ1v) is 18.6. The van der Waals surface area contributed by atoms with Crippen molar-refractivity contribution in [3.8, 4) is 0 Å². The van der Waals surface area contributed by atoms with Crippen LogP contribution in [0.3, 0.4) is 0 Å². The number of imidazole rings is 1. The fourth-order valence-electron chi connectivity index (χ4n) is 5.59. The number of aromatic amines is 1. The van der Waals surface area contributed by atoms with Crippen LogP contribution >= 0.6 is 15.6 Å². The minimum absolute atomic E-state index is 0.000809. The smallest absolute Gasteiger partial charge is 0.390 e. The zero-order valence-electron chi connectivity index (χ0n) is 27.3. The number of likely N-dealkylation sites (N-methyl/N-ethyl adjacent to an activating group) is 1.